The molecule has 5 aromatic rings. The van der Waals surface area contributed by atoms with Gasteiger partial charge in [0.1, 0.15) is 34.5 Å². The molecule has 0 radical (unpaired) electrons. The highest BCUT2D eigenvalue weighted by Gasteiger charge is 2.15. The van der Waals surface area contributed by atoms with E-state index in [1.807, 2.05) is 36.4 Å². The smallest absolute Gasteiger partial charge is 0.143 e. The van der Waals surface area contributed by atoms with Gasteiger partial charge in [-0.05, 0) is 89.3 Å². The van der Waals surface area contributed by atoms with Crippen molar-refractivity contribution in [2.24, 2.45) is 0 Å². The SMILES string of the molecule is CCCCOc1ccc2cc(C#Cc3c(F)cc(-c4ccc(-c5ccc(C)cc5F)c(F)c4)cc3OC)ccc2c1. The predicted octanol–water partition coefficient (Wildman–Crippen LogP) is 9.49. The minimum atomic E-state index is -0.607. The van der Waals surface area contributed by atoms with Gasteiger partial charge < -0.3 is 9.47 Å². The first-order valence-electron chi connectivity index (χ1n) is 13.5. The number of ether oxygens (including phenoxy) is 2. The third-order valence-electron chi connectivity index (χ3n) is 6.90. The molecule has 41 heavy (non-hydrogen) atoms. The first-order valence-corrected chi connectivity index (χ1v) is 13.5. The van der Waals surface area contributed by atoms with Crippen LogP contribution in [0, 0.1) is 36.2 Å². The van der Waals surface area contributed by atoms with Crippen LogP contribution in [0.1, 0.15) is 36.5 Å². The van der Waals surface area contributed by atoms with Crippen LogP contribution in [0.25, 0.3) is 33.0 Å². The van der Waals surface area contributed by atoms with Crippen molar-refractivity contribution in [3.05, 3.63) is 119 Å². The molecule has 5 heteroatoms. The molecular formula is C36H29F3O2. The number of unbranched alkanes of at least 4 members (excludes halogenated alkanes) is 1. The highest BCUT2D eigenvalue weighted by atomic mass is 19.1. The zero-order valence-electron chi connectivity index (χ0n) is 23.2. The van der Waals surface area contributed by atoms with Gasteiger partial charge in [0.25, 0.3) is 0 Å². The molecule has 2 nitrogen and oxygen atoms in total. The number of rotatable bonds is 7. The molecule has 206 valence electrons. The molecule has 0 spiro atoms. The van der Waals surface area contributed by atoms with Crippen molar-refractivity contribution in [2.75, 3.05) is 13.7 Å². The Labute approximate surface area is 238 Å². The van der Waals surface area contributed by atoms with Gasteiger partial charge in [-0.2, -0.15) is 0 Å². The molecule has 0 aliphatic heterocycles. The number of methoxy groups -OCH3 is 1. The second-order valence-corrected chi connectivity index (χ2v) is 9.89. The van der Waals surface area contributed by atoms with E-state index in [1.54, 1.807) is 31.2 Å². The van der Waals surface area contributed by atoms with Crippen LogP contribution < -0.4 is 9.47 Å². The second kappa shape index (κ2) is 12.2. The minimum Gasteiger partial charge on any atom is -0.495 e. The molecule has 0 bridgehead atoms. The largest absolute Gasteiger partial charge is 0.495 e. The summed E-state index contributed by atoms with van der Waals surface area (Å²) >= 11 is 0. The van der Waals surface area contributed by atoms with E-state index in [-0.39, 0.29) is 22.4 Å². The van der Waals surface area contributed by atoms with Crippen molar-refractivity contribution >= 4 is 10.8 Å². The molecule has 0 atom stereocenters. The Morgan fingerprint density at radius 2 is 1.39 bits per heavy atom. The molecule has 0 heterocycles. The zero-order valence-corrected chi connectivity index (χ0v) is 23.2. The number of hydrogen-bond donors (Lipinski definition) is 0. The van der Waals surface area contributed by atoms with Crippen LogP contribution in [0.5, 0.6) is 11.5 Å². The van der Waals surface area contributed by atoms with Crippen molar-refractivity contribution in [3.63, 3.8) is 0 Å². The maximum absolute atomic E-state index is 15.3. The van der Waals surface area contributed by atoms with Crippen molar-refractivity contribution in [1.82, 2.24) is 0 Å². The predicted molar refractivity (Wildman–Crippen MR) is 159 cm³/mol. The summed E-state index contributed by atoms with van der Waals surface area (Å²) in [5, 5.41) is 2.03. The van der Waals surface area contributed by atoms with Crippen LogP contribution in [0.2, 0.25) is 0 Å². The fourth-order valence-electron chi connectivity index (χ4n) is 4.64. The molecule has 5 aromatic carbocycles. The van der Waals surface area contributed by atoms with Crippen LogP contribution in [0.15, 0.2) is 84.9 Å². The van der Waals surface area contributed by atoms with E-state index in [0.717, 1.165) is 40.5 Å². The maximum Gasteiger partial charge on any atom is 0.143 e. The summed E-state index contributed by atoms with van der Waals surface area (Å²) in [6, 6.07) is 23.6. The molecule has 5 rings (SSSR count). The highest BCUT2D eigenvalue weighted by molar-refractivity contribution is 5.85. The Bertz CT molecular complexity index is 1800. The molecule has 0 fully saturated rings. The van der Waals surface area contributed by atoms with Gasteiger partial charge in [0.15, 0.2) is 0 Å². The Balaban J connectivity index is 1.41. The van der Waals surface area contributed by atoms with E-state index in [2.05, 4.69) is 18.8 Å². The van der Waals surface area contributed by atoms with Crippen LogP contribution in [0.4, 0.5) is 13.2 Å². The summed E-state index contributed by atoms with van der Waals surface area (Å²) in [4.78, 5) is 0. The molecule has 0 aromatic heterocycles. The Morgan fingerprint density at radius 1 is 0.683 bits per heavy atom. The molecule has 0 unspecified atom stereocenters. The summed E-state index contributed by atoms with van der Waals surface area (Å²) in [6.45, 7) is 4.58. The van der Waals surface area contributed by atoms with E-state index in [0.29, 0.717) is 17.7 Å². The van der Waals surface area contributed by atoms with E-state index < -0.39 is 17.5 Å². The van der Waals surface area contributed by atoms with E-state index >= 15 is 8.78 Å². The molecule has 0 saturated heterocycles. The van der Waals surface area contributed by atoms with Crippen molar-refractivity contribution < 1.29 is 22.6 Å². The van der Waals surface area contributed by atoms with Gasteiger partial charge >= 0.3 is 0 Å². The van der Waals surface area contributed by atoms with Crippen LogP contribution >= 0.6 is 0 Å². The molecule has 0 aliphatic carbocycles. The average Bonchev–Trinajstić information content (AvgIpc) is 2.96. The standard InChI is InChI=1S/C36H29F3O2/c1-4-5-16-41-29-12-10-25-18-24(7-9-26(25)19-29)8-14-32-35(39)21-28(22-36(32)40-3)27-11-15-31(34(38)20-27)30-13-6-23(2)17-33(30)37/h6-7,9-13,15,17-22H,4-5,16H2,1-3H3. The lowest BCUT2D eigenvalue weighted by Gasteiger charge is -2.11. The highest BCUT2D eigenvalue weighted by Crippen LogP contribution is 2.33. The fourth-order valence-corrected chi connectivity index (χ4v) is 4.64. The van der Waals surface area contributed by atoms with E-state index in [1.165, 1.54) is 31.4 Å². The lowest BCUT2D eigenvalue weighted by atomic mass is 9.97. The zero-order chi connectivity index (χ0) is 28.9. The molecule has 0 N–H and O–H groups in total. The molecule has 0 amide bonds. The fraction of sp³-hybridized carbons (Fsp3) is 0.167. The van der Waals surface area contributed by atoms with Gasteiger partial charge in [-0.1, -0.05) is 61.6 Å². The summed E-state index contributed by atoms with van der Waals surface area (Å²) in [5.74, 6) is 5.30. The van der Waals surface area contributed by atoms with Crippen molar-refractivity contribution in [1.29, 1.82) is 0 Å². The topological polar surface area (TPSA) is 18.5 Å². The summed E-state index contributed by atoms with van der Waals surface area (Å²) < 4.78 is 56.0. The average molecular weight is 551 g/mol. The first-order chi connectivity index (χ1) is 19.9. The van der Waals surface area contributed by atoms with E-state index in [9.17, 15) is 4.39 Å². The quantitative estimate of drug-likeness (QED) is 0.148. The first kappa shape index (κ1) is 27.9. The lowest BCUT2D eigenvalue weighted by molar-refractivity contribution is 0.310. The summed E-state index contributed by atoms with van der Waals surface area (Å²) in [5.41, 5.74) is 2.74. The van der Waals surface area contributed by atoms with Gasteiger partial charge in [0.2, 0.25) is 0 Å². The minimum absolute atomic E-state index is 0.106. The van der Waals surface area contributed by atoms with Gasteiger partial charge in [-0.25, -0.2) is 13.2 Å². The normalized spacial score (nSPS) is 10.8. The number of aryl methyl sites for hydroxylation is 1. The van der Waals surface area contributed by atoms with Crippen LogP contribution in [-0.4, -0.2) is 13.7 Å². The summed E-state index contributed by atoms with van der Waals surface area (Å²) in [7, 11) is 1.43. The third-order valence-corrected chi connectivity index (χ3v) is 6.90. The Morgan fingerprint density at radius 3 is 2.12 bits per heavy atom. The molecular weight excluding hydrogens is 521 g/mol. The Kier molecular flexibility index (Phi) is 8.31. The van der Waals surface area contributed by atoms with Crippen molar-refractivity contribution in [2.45, 2.75) is 26.7 Å². The second-order valence-electron chi connectivity index (χ2n) is 9.89. The van der Waals surface area contributed by atoms with Crippen LogP contribution in [-0.2, 0) is 0 Å². The van der Waals surface area contributed by atoms with Gasteiger partial charge in [-0.15, -0.1) is 0 Å². The Hall–Kier alpha value is -4.69. The molecule has 0 saturated carbocycles. The van der Waals surface area contributed by atoms with Gasteiger partial charge in [0, 0.05) is 16.7 Å². The maximum atomic E-state index is 15.3. The van der Waals surface area contributed by atoms with E-state index in [4.69, 9.17) is 9.47 Å². The third kappa shape index (κ3) is 6.23. The monoisotopic (exact) mass is 550 g/mol. The van der Waals surface area contributed by atoms with Gasteiger partial charge in [0.05, 0.1) is 13.7 Å². The number of fused-ring (bicyclic) bond motifs is 1. The van der Waals surface area contributed by atoms with Crippen molar-refractivity contribution in [3.8, 4) is 45.6 Å². The van der Waals surface area contributed by atoms with Crippen LogP contribution in [0.3, 0.4) is 0 Å². The number of halogens is 3. The number of benzene rings is 5. The number of hydrogen-bond acceptors (Lipinski definition) is 2. The molecule has 0 aliphatic rings. The summed E-state index contributed by atoms with van der Waals surface area (Å²) in [6.07, 6.45) is 2.08. The lowest BCUT2D eigenvalue weighted by Crippen LogP contribution is -1.96. The van der Waals surface area contributed by atoms with Gasteiger partial charge in [-0.3, -0.25) is 0 Å².